The molecule has 0 saturated carbocycles. The Kier molecular flexibility index (Phi) is 7.44. The number of aliphatic carboxylic acids is 1. The van der Waals surface area contributed by atoms with E-state index in [0.29, 0.717) is 19.5 Å². The van der Waals surface area contributed by atoms with E-state index < -0.39 is 17.9 Å². The third kappa shape index (κ3) is 6.02. The third-order valence-corrected chi connectivity index (χ3v) is 4.67. The lowest BCUT2D eigenvalue weighted by Crippen LogP contribution is -2.45. The molecule has 1 heterocycles. The maximum atomic E-state index is 12.4. The van der Waals surface area contributed by atoms with Crippen LogP contribution in [0.5, 0.6) is 0 Å². The van der Waals surface area contributed by atoms with Crippen LogP contribution in [0.4, 0.5) is 5.69 Å². The van der Waals surface area contributed by atoms with E-state index in [2.05, 4.69) is 35.3 Å². The highest BCUT2D eigenvalue weighted by Crippen LogP contribution is 2.18. The van der Waals surface area contributed by atoms with Gasteiger partial charge in [0, 0.05) is 38.1 Å². The Labute approximate surface area is 166 Å². The van der Waals surface area contributed by atoms with Crippen molar-refractivity contribution in [3.05, 3.63) is 41.6 Å². The largest absolute Gasteiger partial charge is 0.480 e. The van der Waals surface area contributed by atoms with Crippen LogP contribution in [0.25, 0.3) is 0 Å². The van der Waals surface area contributed by atoms with Gasteiger partial charge in [0.2, 0.25) is 0 Å². The first kappa shape index (κ1) is 21.3. The second kappa shape index (κ2) is 9.79. The Morgan fingerprint density at radius 3 is 2.50 bits per heavy atom. The summed E-state index contributed by atoms with van der Waals surface area (Å²) in [5.74, 6) is -1.62. The lowest BCUT2D eigenvalue weighted by molar-refractivity contribution is -0.141. The van der Waals surface area contributed by atoms with Gasteiger partial charge in [0.1, 0.15) is 17.7 Å². The van der Waals surface area contributed by atoms with Crippen LogP contribution < -0.4 is 10.2 Å². The molecular formula is C21H28N4O3. The van der Waals surface area contributed by atoms with E-state index in [9.17, 15) is 20.0 Å². The lowest BCUT2D eigenvalue weighted by Gasteiger charge is -2.35. The van der Waals surface area contributed by atoms with E-state index in [-0.39, 0.29) is 11.5 Å². The van der Waals surface area contributed by atoms with Gasteiger partial charge in [0.15, 0.2) is 0 Å². The minimum Gasteiger partial charge on any atom is -0.480 e. The summed E-state index contributed by atoms with van der Waals surface area (Å²) in [6.45, 7) is 8.76. The van der Waals surface area contributed by atoms with Gasteiger partial charge in [-0.2, -0.15) is 5.26 Å². The van der Waals surface area contributed by atoms with Gasteiger partial charge in [0.05, 0.1) is 0 Å². The molecule has 7 nitrogen and oxygen atoms in total. The van der Waals surface area contributed by atoms with Crippen LogP contribution in [0.3, 0.4) is 0 Å². The molecule has 0 spiro atoms. The molecule has 1 aliphatic heterocycles. The van der Waals surface area contributed by atoms with Crippen molar-refractivity contribution >= 4 is 17.6 Å². The zero-order valence-corrected chi connectivity index (χ0v) is 16.7. The number of anilines is 1. The number of carboxylic acid groups (broad SMARTS) is 1. The van der Waals surface area contributed by atoms with Gasteiger partial charge in [-0.15, -0.1) is 0 Å². The van der Waals surface area contributed by atoms with Crippen molar-refractivity contribution in [1.82, 2.24) is 10.2 Å². The number of hydrogen-bond donors (Lipinski definition) is 2. The van der Waals surface area contributed by atoms with E-state index in [1.807, 2.05) is 30.9 Å². The zero-order valence-electron chi connectivity index (χ0n) is 16.7. The van der Waals surface area contributed by atoms with E-state index in [0.717, 1.165) is 13.1 Å². The van der Waals surface area contributed by atoms with Crippen molar-refractivity contribution in [1.29, 1.82) is 5.26 Å². The van der Waals surface area contributed by atoms with Gasteiger partial charge >= 0.3 is 5.97 Å². The number of nitriles is 1. The Morgan fingerprint density at radius 2 is 1.96 bits per heavy atom. The second-order valence-electron chi connectivity index (χ2n) is 7.51. The van der Waals surface area contributed by atoms with Crippen LogP contribution in [-0.2, 0) is 9.59 Å². The molecule has 7 heteroatoms. The predicted octanol–water partition coefficient (Wildman–Crippen LogP) is 2.14. The first-order valence-electron chi connectivity index (χ1n) is 9.51. The number of hydrogen-bond acceptors (Lipinski definition) is 5. The molecule has 150 valence electrons. The van der Waals surface area contributed by atoms with Crippen LogP contribution in [0.1, 0.15) is 25.8 Å². The molecule has 28 heavy (non-hydrogen) atoms. The fourth-order valence-corrected chi connectivity index (χ4v) is 3.18. The Morgan fingerprint density at radius 1 is 1.29 bits per heavy atom. The number of aryl methyl sites for hydroxylation is 1. The van der Waals surface area contributed by atoms with Crippen LogP contribution in [-0.4, -0.2) is 54.1 Å². The SMILES string of the molecule is Cc1cccc(N2CCN(/C=C(/C#N)C(=O)NC(CC(C)C)C(=O)O)CC2)c1. The average molecular weight is 384 g/mol. The molecule has 0 aliphatic carbocycles. The summed E-state index contributed by atoms with van der Waals surface area (Å²) in [6, 6.07) is 9.21. The number of amides is 1. The highest BCUT2D eigenvalue weighted by atomic mass is 16.4. The minimum atomic E-state index is -1.09. The molecule has 0 radical (unpaired) electrons. The zero-order chi connectivity index (χ0) is 20.7. The predicted molar refractivity (Wildman–Crippen MR) is 108 cm³/mol. The maximum absolute atomic E-state index is 12.4. The summed E-state index contributed by atoms with van der Waals surface area (Å²) in [6.07, 6.45) is 1.85. The summed E-state index contributed by atoms with van der Waals surface area (Å²) in [5.41, 5.74) is 2.30. The summed E-state index contributed by atoms with van der Waals surface area (Å²) in [5, 5.41) is 21.1. The van der Waals surface area contributed by atoms with Crippen LogP contribution in [0.15, 0.2) is 36.0 Å². The highest BCUT2D eigenvalue weighted by Gasteiger charge is 2.24. The molecule has 1 aromatic carbocycles. The summed E-state index contributed by atoms with van der Waals surface area (Å²) >= 11 is 0. The molecule has 2 rings (SSSR count). The number of nitrogens with zero attached hydrogens (tertiary/aromatic N) is 3. The van der Waals surface area contributed by atoms with Crippen LogP contribution in [0.2, 0.25) is 0 Å². The monoisotopic (exact) mass is 384 g/mol. The Hall–Kier alpha value is -3.01. The van der Waals surface area contributed by atoms with Crippen molar-refractivity contribution in [3.63, 3.8) is 0 Å². The lowest BCUT2D eigenvalue weighted by atomic mass is 10.0. The Bertz CT molecular complexity index is 774. The molecule has 0 bridgehead atoms. The van der Waals surface area contributed by atoms with Gasteiger partial charge in [-0.25, -0.2) is 4.79 Å². The number of carbonyl (C=O) groups is 2. The fourth-order valence-electron chi connectivity index (χ4n) is 3.18. The Balaban J connectivity index is 1.98. The standard InChI is InChI=1S/C21H28N4O3/c1-15(2)11-19(21(27)28)23-20(26)17(13-22)14-24-7-9-25(10-8-24)18-6-4-5-16(3)12-18/h4-6,12,14-15,19H,7-11H2,1-3H3,(H,23,26)(H,27,28)/b17-14-. The normalized spacial score (nSPS) is 15.9. The number of rotatable bonds is 7. The molecule has 1 amide bonds. The first-order chi connectivity index (χ1) is 13.3. The van der Waals surface area contributed by atoms with Crippen molar-refractivity contribution in [2.75, 3.05) is 31.1 Å². The average Bonchev–Trinajstić information content (AvgIpc) is 2.65. The molecule has 0 aromatic heterocycles. The summed E-state index contributed by atoms with van der Waals surface area (Å²) < 4.78 is 0. The topological polar surface area (TPSA) is 96.7 Å². The van der Waals surface area contributed by atoms with E-state index >= 15 is 0 Å². The van der Waals surface area contributed by atoms with E-state index in [1.165, 1.54) is 17.5 Å². The number of carbonyl (C=O) groups excluding carboxylic acids is 1. The molecule has 2 N–H and O–H groups in total. The maximum Gasteiger partial charge on any atom is 0.326 e. The third-order valence-electron chi connectivity index (χ3n) is 4.67. The molecule has 1 fully saturated rings. The minimum absolute atomic E-state index is 0.0704. The van der Waals surface area contributed by atoms with E-state index in [4.69, 9.17) is 0 Å². The molecule has 1 atom stereocenters. The summed E-state index contributed by atoms with van der Waals surface area (Å²) in [4.78, 5) is 27.9. The van der Waals surface area contributed by atoms with Gasteiger partial charge in [-0.1, -0.05) is 26.0 Å². The number of piperazine rings is 1. The smallest absolute Gasteiger partial charge is 0.326 e. The second-order valence-corrected chi connectivity index (χ2v) is 7.51. The molecule has 1 aromatic rings. The van der Waals surface area contributed by atoms with Gasteiger partial charge in [0.25, 0.3) is 5.91 Å². The van der Waals surface area contributed by atoms with Crippen LogP contribution >= 0.6 is 0 Å². The number of carboxylic acids is 1. The highest BCUT2D eigenvalue weighted by molar-refractivity contribution is 5.99. The molecule has 1 unspecified atom stereocenters. The fraction of sp³-hybridized carbons (Fsp3) is 0.476. The van der Waals surface area contributed by atoms with Crippen molar-refractivity contribution in [3.8, 4) is 6.07 Å². The number of benzene rings is 1. The molecular weight excluding hydrogens is 356 g/mol. The number of nitrogens with one attached hydrogen (secondary N) is 1. The van der Waals surface area contributed by atoms with E-state index in [1.54, 1.807) is 0 Å². The first-order valence-corrected chi connectivity index (χ1v) is 9.51. The molecule has 1 aliphatic rings. The van der Waals surface area contributed by atoms with Crippen molar-refractivity contribution < 1.29 is 14.7 Å². The van der Waals surface area contributed by atoms with Crippen molar-refractivity contribution in [2.24, 2.45) is 5.92 Å². The van der Waals surface area contributed by atoms with Gasteiger partial charge < -0.3 is 20.2 Å². The summed E-state index contributed by atoms with van der Waals surface area (Å²) in [7, 11) is 0. The van der Waals surface area contributed by atoms with Gasteiger partial charge in [-0.3, -0.25) is 4.79 Å². The van der Waals surface area contributed by atoms with Crippen LogP contribution in [0, 0.1) is 24.2 Å². The molecule has 1 saturated heterocycles. The van der Waals surface area contributed by atoms with Crippen molar-refractivity contribution in [2.45, 2.75) is 33.2 Å². The quantitative estimate of drug-likeness (QED) is 0.552. The van der Waals surface area contributed by atoms with Gasteiger partial charge in [-0.05, 0) is 37.0 Å².